The molecule has 1 unspecified atom stereocenters. The lowest BCUT2D eigenvalue weighted by atomic mass is 9.44. The number of ketones is 2. The fourth-order valence-corrected chi connectivity index (χ4v) is 9.48. The zero-order valence-corrected chi connectivity index (χ0v) is 25.0. The van der Waals surface area contributed by atoms with Crippen LogP contribution in [0.25, 0.3) is 0 Å². The summed E-state index contributed by atoms with van der Waals surface area (Å²) in [6.45, 7) is 2.93. The number of anilines is 1. The number of ether oxygens (including phenoxy) is 2. The van der Waals surface area contributed by atoms with E-state index in [-0.39, 0.29) is 24.0 Å². The predicted octanol–water partition coefficient (Wildman–Crippen LogP) is 4.15. The highest BCUT2D eigenvalue weighted by Gasteiger charge is 2.79. The van der Waals surface area contributed by atoms with Gasteiger partial charge in [-0.15, -0.1) is 0 Å². The van der Waals surface area contributed by atoms with Crippen LogP contribution in [0, 0.1) is 40.4 Å². The number of carbonyl (C=O) groups is 2. The summed E-state index contributed by atoms with van der Waals surface area (Å²) < 4.78 is 30.7. The molecule has 4 fully saturated rings. The van der Waals surface area contributed by atoms with Gasteiger partial charge in [0.2, 0.25) is 0 Å². The van der Waals surface area contributed by atoms with Crippen molar-refractivity contribution in [3.05, 3.63) is 77.4 Å². The normalized spacial score (nSPS) is 43.5. The molecule has 4 N–H and O–H groups in total. The minimum absolute atomic E-state index is 0.0300. The van der Waals surface area contributed by atoms with Crippen molar-refractivity contribution in [1.29, 1.82) is 0 Å². The van der Waals surface area contributed by atoms with Crippen LogP contribution in [0.4, 0.5) is 10.1 Å². The number of aliphatic hydroxyl groups is 2. The van der Waals surface area contributed by atoms with Gasteiger partial charge in [-0.3, -0.25) is 9.59 Å². The van der Waals surface area contributed by atoms with E-state index in [1.54, 1.807) is 13.0 Å². The van der Waals surface area contributed by atoms with E-state index in [2.05, 4.69) is 11.8 Å². The maximum absolute atomic E-state index is 17.5. The lowest BCUT2D eigenvalue weighted by Crippen LogP contribution is -2.69. The van der Waals surface area contributed by atoms with Crippen molar-refractivity contribution in [2.24, 2.45) is 28.6 Å². The number of rotatable bonds is 3. The topological polar surface area (TPSA) is 119 Å². The zero-order chi connectivity index (χ0) is 31.1. The minimum atomic E-state index is -2.03. The van der Waals surface area contributed by atoms with E-state index in [0.717, 1.165) is 11.1 Å². The molecule has 0 spiro atoms. The second kappa shape index (κ2) is 10.1. The molecule has 0 aromatic heterocycles. The molecule has 6 aliphatic rings. The predicted molar refractivity (Wildman–Crippen MR) is 161 cm³/mol. The summed E-state index contributed by atoms with van der Waals surface area (Å²) >= 11 is 0. The number of aliphatic hydroxyl groups excluding tert-OH is 2. The van der Waals surface area contributed by atoms with Crippen molar-refractivity contribution in [2.75, 3.05) is 12.3 Å². The van der Waals surface area contributed by atoms with Gasteiger partial charge in [-0.25, -0.2) is 4.39 Å². The van der Waals surface area contributed by atoms with Crippen molar-refractivity contribution in [3.63, 3.8) is 0 Å². The first-order chi connectivity index (χ1) is 21.0. The number of nitrogen functional groups attached to an aromatic ring is 1. The summed E-state index contributed by atoms with van der Waals surface area (Å²) in [5.41, 5.74) is 3.23. The van der Waals surface area contributed by atoms with Crippen LogP contribution >= 0.6 is 0 Å². The summed E-state index contributed by atoms with van der Waals surface area (Å²) in [4.78, 5) is 25.9. The molecular formula is C36H38FNO6. The third-order valence-electron chi connectivity index (χ3n) is 11.7. The molecule has 8 heteroatoms. The van der Waals surface area contributed by atoms with Crippen molar-refractivity contribution in [3.8, 4) is 11.8 Å². The molecule has 1 aromatic rings. The molecule has 1 heterocycles. The van der Waals surface area contributed by atoms with Crippen molar-refractivity contribution >= 4 is 17.3 Å². The van der Waals surface area contributed by atoms with Gasteiger partial charge in [-0.05, 0) is 75.3 Å². The Morgan fingerprint density at radius 3 is 2.75 bits per heavy atom. The average Bonchev–Trinajstić information content (AvgIpc) is 3.50. The van der Waals surface area contributed by atoms with Gasteiger partial charge < -0.3 is 25.4 Å². The Balaban J connectivity index is 1.16. The number of hydrogen-bond donors (Lipinski definition) is 3. The van der Waals surface area contributed by atoms with Gasteiger partial charge in [0.05, 0.1) is 12.2 Å². The number of hydrogen-bond acceptors (Lipinski definition) is 7. The summed E-state index contributed by atoms with van der Waals surface area (Å²) in [5, 5.41) is 21.9. The lowest BCUT2D eigenvalue weighted by molar-refractivity contribution is -0.233. The first-order valence-electron chi connectivity index (χ1n) is 15.5. The Bertz CT molecular complexity index is 1620. The first-order valence-corrected chi connectivity index (χ1v) is 15.5. The highest BCUT2D eigenvalue weighted by Crippen LogP contribution is 2.72. The Morgan fingerprint density at radius 2 is 2.02 bits per heavy atom. The molecule has 0 amide bonds. The maximum atomic E-state index is 17.5. The van der Waals surface area contributed by atoms with Crippen LogP contribution in [0.1, 0.15) is 51.5 Å². The molecule has 44 heavy (non-hydrogen) atoms. The Kier molecular flexibility index (Phi) is 6.73. The highest BCUT2D eigenvalue weighted by molar-refractivity contribution is 6.01. The molecule has 10 atom stereocenters. The number of Topliss-reactive ketones (excluding diaryl/α,β-unsaturated/α-hetero) is 1. The number of alkyl halides is 1. The average molecular weight is 600 g/mol. The molecule has 1 aromatic carbocycles. The van der Waals surface area contributed by atoms with Crippen molar-refractivity contribution in [2.45, 2.75) is 75.7 Å². The van der Waals surface area contributed by atoms with Crippen LogP contribution in [-0.2, 0) is 19.1 Å². The molecule has 5 aliphatic carbocycles. The van der Waals surface area contributed by atoms with Gasteiger partial charge >= 0.3 is 0 Å². The molecule has 1 aliphatic heterocycles. The Morgan fingerprint density at radius 1 is 1.20 bits per heavy atom. The highest BCUT2D eigenvalue weighted by atomic mass is 19.1. The molecule has 230 valence electrons. The molecule has 3 saturated carbocycles. The summed E-state index contributed by atoms with van der Waals surface area (Å²) in [6, 6.07) is 7.39. The van der Waals surface area contributed by atoms with Crippen LogP contribution in [0.5, 0.6) is 0 Å². The summed E-state index contributed by atoms with van der Waals surface area (Å²) in [5.74, 6) is 4.51. The van der Waals surface area contributed by atoms with E-state index in [4.69, 9.17) is 15.2 Å². The lowest BCUT2D eigenvalue weighted by Gasteiger charge is -2.62. The zero-order valence-electron chi connectivity index (χ0n) is 25.0. The van der Waals surface area contributed by atoms with Crippen LogP contribution < -0.4 is 5.73 Å². The van der Waals surface area contributed by atoms with Crippen molar-refractivity contribution in [1.82, 2.24) is 0 Å². The molecule has 1 saturated heterocycles. The second-order valence-electron chi connectivity index (χ2n) is 13.7. The smallest absolute Gasteiger partial charge is 0.193 e. The number of benzene rings is 1. The standard InChI is InChI=1S/C36H38FNO6/c1-33-15-14-26(40)17-24(33)12-13-27-28-18-31-36(30(42)20-39,34(28,2)19-29(41)35(27,33)37)44-32(43-31)23-10-8-21(9-11-23)6-7-22-4-3-5-25(38)16-22/h3-5,8-10,14-17,23,27-29,31-32,39,41H,11-13,18-20,38H2,1-2H3/t23?,27-,28-,29-,31+,32-,33-,34-,35-,36+/m0/s1. The van der Waals surface area contributed by atoms with Crippen LogP contribution in [0.2, 0.25) is 0 Å². The molecular weight excluding hydrogens is 561 g/mol. The number of halogens is 1. The van der Waals surface area contributed by atoms with E-state index in [1.807, 2.05) is 49.4 Å². The summed E-state index contributed by atoms with van der Waals surface area (Å²) in [6.07, 6.45) is 9.46. The number of nitrogens with two attached hydrogens (primary N) is 1. The largest absolute Gasteiger partial charge is 0.399 e. The fourth-order valence-electron chi connectivity index (χ4n) is 9.48. The molecule has 7 nitrogen and oxygen atoms in total. The Hall–Kier alpha value is -3.35. The van der Waals surface area contributed by atoms with Gasteiger partial charge in [0.1, 0.15) is 6.61 Å². The molecule has 7 rings (SSSR count). The van der Waals surface area contributed by atoms with E-state index in [9.17, 15) is 19.8 Å². The number of fused-ring (bicyclic) bond motifs is 7. The van der Waals surface area contributed by atoms with Crippen LogP contribution in [0.3, 0.4) is 0 Å². The van der Waals surface area contributed by atoms with Gasteiger partial charge in [0.15, 0.2) is 29.1 Å². The SMILES string of the molecule is C[C@]12C=CC(=O)C=C1CC[C@H]1[C@@H]3C[C@H]4O[C@H](C5C=CC(C#Cc6cccc(N)c6)=CC5)O[C@@]4(C(=O)CO)[C@@]3(C)C[C@H](O)[C@@]12F. The first kappa shape index (κ1) is 29.4. The molecule has 0 radical (unpaired) electrons. The third-order valence-corrected chi connectivity index (χ3v) is 11.7. The monoisotopic (exact) mass is 599 g/mol. The number of carbonyl (C=O) groups excluding carboxylic acids is 2. The van der Waals surface area contributed by atoms with E-state index < -0.39 is 58.9 Å². The fraction of sp³-hybridized carbons (Fsp3) is 0.500. The minimum Gasteiger partial charge on any atom is -0.399 e. The van der Waals surface area contributed by atoms with Crippen LogP contribution in [0.15, 0.2) is 71.9 Å². The van der Waals surface area contributed by atoms with Crippen molar-refractivity contribution < 1.29 is 33.7 Å². The molecule has 0 bridgehead atoms. The van der Waals surface area contributed by atoms with Gasteiger partial charge in [-0.1, -0.05) is 54.7 Å². The third kappa shape index (κ3) is 3.89. The van der Waals surface area contributed by atoms with Gasteiger partial charge in [-0.2, -0.15) is 0 Å². The quantitative estimate of drug-likeness (QED) is 0.353. The maximum Gasteiger partial charge on any atom is 0.193 e. The van der Waals surface area contributed by atoms with Gasteiger partial charge in [0, 0.05) is 39.5 Å². The van der Waals surface area contributed by atoms with E-state index in [0.29, 0.717) is 36.9 Å². The van der Waals surface area contributed by atoms with E-state index in [1.165, 1.54) is 12.2 Å². The van der Waals surface area contributed by atoms with E-state index >= 15 is 4.39 Å². The number of allylic oxidation sites excluding steroid dienone is 7. The Labute approximate surface area is 256 Å². The summed E-state index contributed by atoms with van der Waals surface area (Å²) in [7, 11) is 0. The van der Waals surface area contributed by atoms with Crippen LogP contribution in [-0.4, -0.2) is 58.2 Å². The second-order valence-corrected chi connectivity index (χ2v) is 13.7. The van der Waals surface area contributed by atoms with Gasteiger partial charge in [0.25, 0.3) is 0 Å².